The van der Waals surface area contributed by atoms with Gasteiger partial charge in [-0.15, -0.1) is 6.42 Å². The minimum Gasteiger partial charge on any atom is -0.450 e. The third kappa shape index (κ3) is 10.5. The second kappa shape index (κ2) is 21.0. The Hall–Kier alpha value is -1.93. The number of fused-ring (bicyclic) bond motifs is 10. The summed E-state index contributed by atoms with van der Waals surface area (Å²) in [5.74, 6) is 12.8. The van der Waals surface area contributed by atoms with Gasteiger partial charge in [-0.25, -0.2) is 9.59 Å². The van der Waals surface area contributed by atoms with Crippen LogP contribution in [0, 0.1) is 105 Å². The van der Waals surface area contributed by atoms with Gasteiger partial charge in [0.2, 0.25) is 0 Å². The summed E-state index contributed by atoms with van der Waals surface area (Å²) in [7, 11) is 0. The fourth-order valence-corrected chi connectivity index (χ4v) is 18.1. The van der Waals surface area contributed by atoms with Crippen LogP contribution in [0.25, 0.3) is 0 Å². The average Bonchev–Trinajstić information content (AvgIpc) is 3.80. The summed E-state index contributed by atoms with van der Waals surface area (Å²) in [5, 5.41) is 2.65. The van der Waals surface area contributed by atoms with E-state index in [1.165, 1.54) is 103 Å². The number of allylic oxidation sites excluding steroid dienone is 2. The topological polar surface area (TPSA) is 64.6 Å². The van der Waals surface area contributed by atoms with Crippen molar-refractivity contribution in [1.82, 2.24) is 5.32 Å². The predicted molar refractivity (Wildman–Crippen MR) is 269 cm³/mol. The van der Waals surface area contributed by atoms with Crippen molar-refractivity contribution < 1.29 is 19.1 Å². The van der Waals surface area contributed by atoms with Gasteiger partial charge in [0.25, 0.3) is 0 Å². The summed E-state index contributed by atoms with van der Waals surface area (Å²) < 4.78 is 11.1. The van der Waals surface area contributed by atoms with Crippen LogP contribution >= 0.6 is 11.6 Å². The van der Waals surface area contributed by atoms with Crippen LogP contribution in [0.5, 0.6) is 0 Å². The molecule has 0 bridgehead atoms. The van der Waals surface area contributed by atoms with Gasteiger partial charge in [0.1, 0.15) is 12.2 Å². The van der Waals surface area contributed by atoms with E-state index in [1.54, 1.807) is 11.1 Å². The minimum atomic E-state index is -0.643. The second-order valence-corrected chi connectivity index (χ2v) is 25.9. The van der Waals surface area contributed by atoms with Gasteiger partial charge in [-0.2, -0.15) is 0 Å². The fraction of sp³-hybridized carbons (Fsp3) is 0.864. The lowest BCUT2D eigenvalue weighted by Crippen LogP contribution is -2.51. The molecule has 0 aromatic heterocycles. The number of hydrogen-bond donors (Lipinski definition) is 1. The number of rotatable bonds is 13. The molecule has 16 atom stereocenters. The van der Waals surface area contributed by atoms with Gasteiger partial charge < -0.3 is 14.8 Å². The van der Waals surface area contributed by atoms with Crippen molar-refractivity contribution in [3.05, 3.63) is 23.3 Å². The Morgan fingerprint density at radius 2 is 1.09 bits per heavy atom. The molecule has 0 spiro atoms. The number of hydrogen-bond acceptors (Lipinski definition) is 4. The average molecular weight is 917 g/mol. The van der Waals surface area contributed by atoms with E-state index in [2.05, 4.69) is 92.6 Å². The van der Waals surface area contributed by atoms with Gasteiger partial charge in [-0.1, -0.05) is 137 Å². The summed E-state index contributed by atoms with van der Waals surface area (Å²) in [4.78, 5) is 23.3. The van der Waals surface area contributed by atoms with E-state index in [0.717, 1.165) is 110 Å². The van der Waals surface area contributed by atoms with Crippen LogP contribution in [0.4, 0.5) is 9.59 Å². The van der Waals surface area contributed by atoms with Crippen molar-refractivity contribution in [2.24, 2.45) is 92.7 Å². The van der Waals surface area contributed by atoms with Crippen LogP contribution in [-0.2, 0) is 9.47 Å². The van der Waals surface area contributed by atoms with Crippen molar-refractivity contribution in [1.29, 1.82) is 0 Å². The molecule has 8 aliphatic rings. The van der Waals surface area contributed by atoms with Crippen LogP contribution in [0.1, 0.15) is 210 Å². The fourth-order valence-electron chi connectivity index (χ4n) is 18.0. The molecule has 366 valence electrons. The zero-order valence-electron chi connectivity index (χ0n) is 43.1. The SMILES string of the molecule is C#CCNC(=O)O[C@H]1CC[C@@]2(C)C(=CCC3C2CC[C@@]2(C)C3CC[C@@H]2[C@H](C)CCCC(C)C)C1.CC(C)CCC[C@@H](C)[C@H]1CCC2C3CC=C4C[C@@H](OC(=O)Cl)CC[C@]4(C)C3CC[C@@]21C. The second-order valence-electron chi connectivity index (χ2n) is 25.6. The number of halogens is 1. The van der Waals surface area contributed by atoms with Gasteiger partial charge in [0.05, 0.1) is 6.54 Å². The van der Waals surface area contributed by atoms with Crippen LogP contribution < -0.4 is 5.32 Å². The highest BCUT2D eigenvalue weighted by molar-refractivity contribution is 6.61. The monoisotopic (exact) mass is 916 g/mol. The largest absolute Gasteiger partial charge is 0.450 e. The lowest BCUT2D eigenvalue weighted by atomic mass is 9.47. The maximum Gasteiger partial charge on any atom is 0.408 e. The molecule has 0 radical (unpaired) electrons. The summed E-state index contributed by atoms with van der Waals surface area (Å²) in [6.07, 6.45) is 38.3. The van der Waals surface area contributed by atoms with E-state index in [9.17, 15) is 9.59 Å². The van der Waals surface area contributed by atoms with E-state index in [1.807, 2.05) is 0 Å². The van der Waals surface area contributed by atoms with Crippen molar-refractivity contribution in [3.63, 3.8) is 0 Å². The molecule has 0 aliphatic heterocycles. The van der Waals surface area contributed by atoms with Crippen LogP contribution in [0.3, 0.4) is 0 Å². The molecule has 0 aromatic carbocycles. The molecule has 1 N–H and O–H groups in total. The summed E-state index contributed by atoms with van der Waals surface area (Å²) in [6, 6.07) is 0. The Balaban J connectivity index is 0.000000195. The molecule has 5 nitrogen and oxygen atoms in total. The maximum atomic E-state index is 12.0. The Morgan fingerprint density at radius 1 is 0.646 bits per heavy atom. The number of carbonyl (C=O) groups is 2. The standard InChI is InChI=1S/C31H49NO2.C28H45ClO2/c1-7-19-32-29(33)34-24-15-17-30(5)23(20-24)11-12-25-27-14-13-26(22(4)10-8-9-21(2)3)31(27,6)18-16-28(25)30;1-18(2)7-6-8-19(3)23-11-12-24-22-10-9-20-17-21(31-26(29)30)13-15-27(20,4)25(22)14-16-28(23,24)5/h1,11,21-22,24-28H,8-10,12-20H2,2-6H3,(H,32,33);9,18-19,21-25H,6-8,10-17H2,1-5H3/t22-,24+,25?,26-,27?,28?,30+,31-;19-,21+,22?,23-,24?,25?,27+,28-/m11/s1. The number of amides is 1. The quantitative estimate of drug-likeness (QED) is 0.114. The Kier molecular flexibility index (Phi) is 16.4. The third-order valence-electron chi connectivity index (χ3n) is 21.4. The lowest BCUT2D eigenvalue weighted by Gasteiger charge is -2.58. The first-order chi connectivity index (χ1) is 30.8. The Labute approximate surface area is 403 Å². The molecule has 8 aliphatic carbocycles. The number of terminal acetylenes is 1. The number of nitrogens with one attached hydrogen (secondary N) is 1. The smallest absolute Gasteiger partial charge is 0.408 e. The van der Waals surface area contributed by atoms with Gasteiger partial charge in [-0.3, -0.25) is 0 Å². The summed E-state index contributed by atoms with van der Waals surface area (Å²) >= 11 is 5.51. The first-order valence-corrected chi connectivity index (χ1v) is 27.8. The zero-order chi connectivity index (χ0) is 46.9. The van der Waals surface area contributed by atoms with E-state index in [4.69, 9.17) is 27.5 Å². The molecule has 0 aromatic rings. The highest BCUT2D eigenvalue weighted by Gasteiger charge is 2.61. The summed E-state index contributed by atoms with van der Waals surface area (Å²) in [5.41, 5.74) is 4.16. The molecular formula is C59H94ClNO4. The summed E-state index contributed by atoms with van der Waals surface area (Å²) in [6.45, 7) is 25.2. The molecular weight excluding hydrogens is 822 g/mol. The van der Waals surface area contributed by atoms with Crippen LogP contribution in [-0.4, -0.2) is 30.3 Å². The van der Waals surface area contributed by atoms with Crippen molar-refractivity contribution in [2.45, 2.75) is 223 Å². The molecule has 6 heteroatoms. The normalized spacial score (nSPS) is 41.3. The molecule has 0 heterocycles. The highest BCUT2D eigenvalue weighted by Crippen LogP contribution is 2.69. The van der Waals surface area contributed by atoms with Crippen molar-refractivity contribution in [3.8, 4) is 12.3 Å². The first kappa shape index (κ1) is 50.9. The zero-order valence-corrected chi connectivity index (χ0v) is 43.8. The molecule has 8 rings (SSSR count). The van der Waals surface area contributed by atoms with Crippen LogP contribution in [0.15, 0.2) is 23.3 Å². The molecule has 1 amide bonds. The van der Waals surface area contributed by atoms with Crippen LogP contribution in [0.2, 0.25) is 0 Å². The lowest BCUT2D eigenvalue weighted by molar-refractivity contribution is -0.0581. The number of carbonyl (C=O) groups excluding carboxylic acids is 2. The van der Waals surface area contributed by atoms with Gasteiger partial charge in [0.15, 0.2) is 0 Å². The Morgan fingerprint density at radius 3 is 1.51 bits per heavy atom. The molecule has 6 unspecified atom stereocenters. The highest BCUT2D eigenvalue weighted by atomic mass is 35.5. The van der Waals surface area contributed by atoms with E-state index < -0.39 is 5.43 Å². The van der Waals surface area contributed by atoms with Gasteiger partial charge in [-0.05, 0) is 183 Å². The first-order valence-electron chi connectivity index (χ1n) is 27.5. The molecule has 6 fully saturated rings. The van der Waals surface area contributed by atoms with E-state index >= 15 is 0 Å². The number of alkyl carbamates (subject to hydrolysis) is 1. The predicted octanol–water partition coefficient (Wildman–Crippen LogP) is 16.5. The molecule has 6 saturated carbocycles. The third-order valence-corrected chi connectivity index (χ3v) is 21.5. The molecule has 0 saturated heterocycles. The number of ether oxygens (including phenoxy) is 2. The van der Waals surface area contributed by atoms with Crippen molar-refractivity contribution in [2.75, 3.05) is 6.54 Å². The van der Waals surface area contributed by atoms with E-state index in [-0.39, 0.29) is 24.8 Å². The Bertz CT molecular complexity index is 1760. The molecule has 65 heavy (non-hydrogen) atoms. The van der Waals surface area contributed by atoms with Gasteiger partial charge >= 0.3 is 11.5 Å². The maximum absolute atomic E-state index is 12.0. The van der Waals surface area contributed by atoms with Gasteiger partial charge in [0, 0.05) is 24.4 Å². The minimum absolute atomic E-state index is 0.00921. The van der Waals surface area contributed by atoms with E-state index in [0.29, 0.717) is 21.7 Å². The van der Waals surface area contributed by atoms with Crippen molar-refractivity contribution >= 4 is 23.1 Å².